The van der Waals surface area contributed by atoms with E-state index in [1.165, 1.54) is 0 Å². The van der Waals surface area contributed by atoms with E-state index in [9.17, 15) is 4.79 Å². The number of hydrogen-bond acceptors (Lipinski definition) is 5. The summed E-state index contributed by atoms with van der Waals surface area (Å²) in [6, 6.07) is 7.85. The molecule has 0 spiro atoms. The van der Waals surface area contributed by atoms with Gasteiger partial charge in [0.1, 0.15) is 18.0 Å². The predicted molar refractivity (Wildman–Crippen MR) is 115 cm³/mol. The van der Waals surface area contributed by atoms with Crippen LogP contribution >= 0.6 is 0 Å². The van der Waals surface area contributed by atoms with Crippen LogP contribution in [0.1, 0.15) is 40.2 Å². The summed E-state index contributed by atoms with van der Waals surface area (Å²) in [6.45, 7) is 11.5. The number of ether oxygens (including phenoxy) is 3. The van der Waals surface area contributed by atoms with E-state index in [2.05, 4.69) is 20.9 Å². The van der Waals surface area contributed by atoms with E-state index in [4.69, 9.17) is 14.2 Å². The molecule has 0 aliphatic rings. The monoisotopic (exact) mass is 408 g/mol. The summed E-state index contributed by atoms with van der Waals surface area (Å²) in [7, 11) is 3.35. The number of alkyl carbamates (subject to hydrolysis) is 1. The summed E-state index contributed by atoms with van der Waals surface area (Å²) in [4.78, 5) is 16.2. The molecule has 8 nitrogen and oxygen atoms in total. The predicted octanol–water partition coefficient (Wildman–Crippen LogP) is 2.68. The van der Waals surface area contributed by atoms with Gasteiger partial charge in [-0.3, -0.25) is 4.99 Å². The van der Waals surface area contributed by atoms with Crippen LogP contribution in [0.3, 0.4) is 0 Å². The largest absolute Gasteiger partial charge is 0.491 e. The Hall–Kier alpha value is -2.48. The Balaban J connectivity index is 2.45. The smallest absolute Gasteiger partial charge is 0.408 e. The van der Waals surface area contributed by atoms with E-state index in [1.54, 1.807) is 14.2 Å². The fourth-order valence-electron chi connectivity index (χ4n) is 2.28. The average molecular weight is 409 g/mol. The van der Waals surface area contributed by atoms with Crippen LogP contribution < -0.4 is 20.7 Å². The van der Waals surface area contributed by atoms with Gasteiger partial charge in [0, 0.05) is 27.2 Å². The van der Waals surface area contributed by atoms with E-state index < -0.39 is 17.2 Å². The van der Waals surface area contributed by atoms with Crippen LogP contribution in [-0.4, -0.2) is 57.1 Å². The molecular weight excluding hydrogens is 372 g/mol. The molecule has 0 aliphatic heterocycles. The van der Waals surface area contributed by atoms with E-state index >= 15 is 0 Å². The molecule has 1 aromatic carbocycles. The molecule has 0 radical (unpaired) electrons. The maximum atomic E-state index is 12.0. The normalized spacial score (nSPS) is 12.3. The number of hydrogen-bond donors (Lipinski definition) is 3. The van der Waals surface area contributed by atoms with Crippen molar-refractivity contribution in [3.05, 3.63) is 29.8 Å². The quantitative estimate of drug-likeness (QED) is 0.330. The summed E-state index contributed by atoms with van der Waals surface area (Å²) in [5, 5.41) is 9.34. The van der Waals surface area contributed by atoms with E-state index in [0.29, 0.717) is 32.3 Å². The number of guanidine groups is 1. The van der Waals surface area contributed by atoms with Crippen LogP contribution in [0.25, 0.3) is 0 Å². The van der Waals surface area contributed by atoms with Gasteiger partial charge in [0.05, 0.1) is 12.1 Å². The first-order chi connectivity index (χ1) is 13.5. The lowest BCUT2D eigenvalue weighted by atomic mass is 10.1. The molecule has 0 aromatic heterocycles. The van der Waals surface area contributed by atoms with E-state index in [1.807, 2.05) is 58.9 Å². The average Bonchev–Trinajstić information content (AvgIpc) is 2.61. The van der Waals surface area contributed by atoms with Crippen LogP contribution in [0, 0.1) is 0 Å². The van der Waals surface area contributed by atoms with Gasteiger partial charge in [0.15, 0.2) is 5.96 Å². The second-order valence-corrected chi connectivity index (χ2v) is 8.28. The Bertz CT molecular complexity index is 652. The Morgan fingerprint density at radius 2 is 1.69 bits per heavy atom. The van der Waals surface area contributed by atoms with E-state index in [0.717, 1.165) is 11.3 Å². The summed E-state index contributed by atoms with van der Waals surface area (Å²) >= 11 is 0. The Labute approximate surface area is 174 Å². The lowest BCUT2D eigenvalue weighted by Crippen LogP contribution is -2.54. The van der Waals surface area contributed by atoms with Crippen molar-refractivity contribution in [2.24, 2.45) is 4.99 Å². The standard InChI is InChI=1S/C21H36N4O4/c1-20(2,3)29-19(26)25-21(4,5)15-24-18(22-6)23-14-16-8-10-17(11-9-16)28-13-12-27-7/h8-11H,12-15H2,1-7H3,(H,25,26)(H2,22,23,24). The van der Waals surface area contributed by atoms with Crippen LogP contribution in [0.5, 0.6) is 5.75 Å². The number of rotatable bonds is 9. The highest BCUT2D eigenvalue weighted by Crippen LogP contribution is 2.12. The highest BCUT2D eigenvalue weighted by Gasteiger charge is 2.24. The minimum Gasteiger partial charge on any atom is -0.491 e. The number of amides is 1. The summed E-state index contributed by atoms with van der Waals surface area (Å²) < 4.78 is 15.8. The maximum Gasteiger partial charge on any atom is 0.408 e. The molecule has 0 heterocycles. The van der Waals surface area contributed by atoms with Crippen molar-refractivity contribution in [3.63, 3.8) is 0 Å². The number of carbonyl (C=O) groups excluding carboxylic acids is 1. The lowest BCUT2D eigenvalue weighted by molar-refractivity contribution is 0.0474. The second kappa shape index (κ2) is 11.5. The van der Waals surface area contributed by atoms with Gasteiger partial charge in [-0.05, 0) is 52.3 Å². The Morgan fingerprint density at radius 3 is 2.24 bits per heavy atom. The summed E-state index contributed by atoms with van der Waals surface area (Å²) in [5.41, 5.74) is 0.0506. The van der Waals surface area contributed by atoms with Gasteiger partial charge in [-0.15, -0.1) is 0 Å². The molecule has 164 valence electrons. The third-order valence-corrected chi connectivity index (χ3v) is 3.70. The van der Waals surface area contributed by atoms with Crippen molar-refractivity contribution >= 4 is 12.1 Å². The molecule has 0 fully saturated rings. The van der Waals surface area contributed by atoms with Gasteiger partial charge in [-0.1, -0.05) is 12.1 Å². The molecule has 1 rings (SSSR count). The fourth-order valence-corrected chi connectivity index (χ4v) is 2.28. The SMILES string of the molecule is CN=C(NCc1ccc(OCCOC)cc1)NCC(C)(C)NC(=O)OC(C)(C)C. The molecule has 0 unspecified atom stereocenters. The molecule has 1 aromatic rings. The Kier molecular flexibility index (Phi) is 9.74. The molecule has 0 saturated carbocycles. The van der Waals surface area contributed by atoms with Gasteiger partial charge in [0.25, 0.3) is 0 Å². The number of aliphatic imine (C=N–C) groups is 1. The molecule has 0 saturated heterocycles. The van der Waals surface area contributed by atoms with Crippen LogP contribution in [0.2, 0.25) is 0 Å². The minimum absolute atomic E-state index is 0.444. The first kappa shape index (κ1) is 24.6. The molecule has 29 heavy (non-hydrogen) atoms. The zero-order valence-electron chi connectivity index (χ0n) is 18.7. The molecule has 0 bridgehead atoms. The van der Waals surface area contributed by atoms with Crippen molar-refractivity contribution in [2.75, 3.05) is 33.9 Å². The zero-order valence-corrected chi connectivity index (χ0v) is 18.7. The second-order valence-electron chi connectivity index (χ2n) is 8.28. The summed E-state index contributed by atoms with van der Waals surface area (Å²) in [6.07, 6.45) is -0.444. The topological polar surface area (TPSA) is 93.2 Å². The van der Waals surface area contributed by atoms with Crippen molar-refractivity contribution in [3.8, 4) is 5.75 Å². The molecule has 0 aliphatic carbocycles. The van der Waals surface area contributed by atoms with Crippen LogP contribution in [0.4, 0.5) is 4.79 Å². The maximum absolute atomic E-state index is 12.0. The lowest BCUT2D eigenvalue weighted by Gasteiger charge is -2.29. The highest BCUT2D eigenvalue weighted by atomic mass is 16.6. The third-order valence-electron chi connectivity index (χ3n) is 3.70. The number of nitrogens with one attached hydrogen (secondary N) is 3. The highest BCUT2D eigenvalue weighted by molar-refractivity contribution is 5.79. The van der Waals surface area contributed by atoms with Crippen LogP contribution in [0.15, 0.2) is 29.3 Å². The number of benzene rings is 1. The fraction of sp³-hybridized carbons (Fsp3) is 0.619. The van der Waals surface area contributed by atoms with Gasteiger partial charge >= 0.3 is 6.09 Å². The number of nitrogens with zero attached hydrogens (tertiary/aromatic N) is 1. The van der Waals surface area contributed by atoms with Gasteiger partial charge < -0.3 is 30.2 Å². The molecule has 1 amide bonds. The number of carbonyl (C=O) groups is 1. The first-order valence-corrected chi connectivity index (χ1v) is 9.71. The van der Waals surface area contributed by atoms with Crippen molar-refractivity contribution in [1.29, 1.82) is 0 Å². The van der Waals surface area contributed by atoms with Gasteiger partial charge in [-0.2, -0.15) is 0 Å². The van der Waals surface area contributed by atoms with E-state index in [-0.39, 0.29) is 0 Å². The van der Waals surface area contributed by atoms with Crippen molar-refractivity contribution in [2.45, 2.75) is 52.3 Å². The van der Waals surface area contributed by atoms with Crippen molar-refractivity contribution in [1.82, 2.24) is 16.0 Å². The van der Waals surface area contributed by atoms with Crippen molar-refractivity contribution < 1.29 is 19.0 Å². The molecule has 8 heteroatoms. The third kappa shape index (κ3) is 11.2. The number of methoxy groups -OCH3 is 1. The molecular formula is C21H36N4O4. The first-order valence-electron chi connectivity index (χ1n) is 9.71. The van der Waals surface area contributed by atoms with Crippen LogP contribution in [-0.2, 0) is 16.0 Å². The minimum atomic E-state index is -0.532. The molecule has 3 N–H and O–H groups in total. The Morgan fingerprint density at radius 1 is 1.03 bits per heavy atom. The zero-order chi connectivity index (χ0) is 21.9. The van der Waals surface area contributed by atoms with Gasteiger partial charge in [0.2, 0.25) is 0 Å². The summed E-state index contributed by atoms with van der Waals surface area (Å²) in [5.74, 6) is 1.45. The van der Waals surface area contributed by atoms with Gasteiger partial charge in [-0.25, -0.2) is 4.79 Å². The molecule has 0 atom stereocenters.